The van der Waals surface area contributed by atoms with Crippen LogP contribution in [0.2, 0.25) is 0 Å². The Morgan fingerprint density at radius 1 is 1.19 bits per heavy atom. The van der Waals surface area contributed by atoms with Crippen LogP contribution in [0.25, 0.3) is 0 Å². The maximum atomic E-state index is 5.78. The van der Waals surface area contributed by atoms with Crippen LogP contribution in [-0.4, -0.2) is 16.5 Å². The van der Waals surface area contributed by atoms with E-state index in [0.29, 0.717) is 6.54 Å². The Hall–Kier alpha value is -1.39. The maximum absolute atomic E-state index is 5.78. The lowest BCUT2D eigenvalue weighted by molar-refractivity contribution is 0.931. The van der Waals surface area contributed by atoms with Gasteiger partial charge in [0, 0.05) is 24.2 Å². The fraction of sp³-hybridized carbons (Fsp3) is 0.167. The second-order valence-corrected chi connectivity index (χ2v) is 4.52. The highest BCUT2D eigenvalue weighted by Gasteiger charge is 2.11. The minimum Gasteiger partial charge on any atom is -0.329 e. The van der Waals surface area contributed by atoms with Gasteiger partial charge in [0.1, 0.15) is 5.03 Å². The molecule has 3 nitrogen and oxygen atoms in total. The summed E-state index contributed by atoms with van der Waals surface area (Å²) in [6.45, 7) is 0.589. The molecule has 0 aliphatic heterocycles. The van der Waals surface area contributed by atoms with E-state index in [4.69, 9.17) is 5.73 Å². The predicted molar refractivity (Wildman–Crippen MR) is 66.1 cm³/mol. The molecular formula is C12H13N3S. The van der Waals surface area contributed by atoms with Crippen molar-refractivity contribution >= 4 is 11.8 Å². The Morgan fingerprint density at radius 2 is 2.00 bits per heavy atom. The van der Waals surface area contributed by atoms with Gasteiger partial charge in [0.25, 0.3) is 0 Å². The lowest BCUT2D eigenvalue weighted by Gasteiger charge is -2.13. The van der Waals surface area contributed by atoms with Crippen LogP contribution in [0.5, 0.6) is 0 Å². The Bertz CT molecular complexity index is 419. The third-order valence-corrected chi connectivity index (χ3v) is 3.39. The van der Waals surface area contributed by atoms with E-state index in [2.05, 4.69) is 22.1 Å². The maximum Gasteiger partial charge on any atom is 0.115 e. The highest BCUT2D eigenvalue weighted by Crippen LogP contribution is 2.32. The summed E-state index contributed by atoms with van der Waals surface area (Å²) in [7, 11) is 0. The van der Waals surface area contributed by atoms with Gasteiger partial charge in [-0.25, -0.2) is 4.98 Å². The van der Waals surface area contributed by atoms with Crippen molar-refractivity contribution in [1.82, 2.24) is 9.97 Å². The van der Waals surface area contributed by atoms with Crippen molar-refractivity contribution in [3.63, 3.8) is 0 Å². The van der Waals surface area contributed by atoms with Gasteiger partial charge in [-0.2, -0.15) is 0 Å². The number of aromatic nitrogens is 2. The first-order valence-electron chi connectivity index (χ1n) is 5.08. The summed E-state index contributed by atoms with van der Waals surface area (Å²) in [5.74, 6) is 0. The molecule has 4 heteroatoms. The molecule has 0 fully saturated rings. The predicted octanol–water partition coefficient (Wildman–Crippen LogP) is 2.27. The second kappa shape index (κ2) is 5.63. The SMILES string of the molecule is NCC(Sc1cnccn1)c1ccccc1. The fourth-order valence-electron chi connectivity index (χ4n) is 1.41. The van der Waals surface area contributed by atoms with E-state index in [1.807, 2.05) is 18.2 Å². The summed E-state index contributed by atoms with van der Waals surface area (Å²) in [6, 6.07) is 10.2. The van der Waals surface area contributed by atoms with E-state index in [1.54, 1.807) is 30.4 Å². The quantitative estimate of drug-likeness (QED) is 0.820. The molecule has 0 aliphatic carbocycles. The van der Waals surface area contributed by atoms with Crippen molar-refractivity contribution in [2.75, 3.05) is 6.54 Å². The van der Waals surface area contributed by atoms with Gasteiger partial charge in [0.05, 0.1) is 6.20 Å². The molecule has 2 N–H and O–H groups in total. The van der Waals surface area contributed by atoms with Crippen molar-refractivity contribution in [2.24, 2.45) is 5.73 Å². The molecule has 1 heterocycles. The molecule has 16 heavy (non-hydrogen) atoms. The molecule has 0 saturated carbocycles. The average molecular weight is 231 g/mol. The highest BCUT2D eigenvalue weighted by molar-refractivity contribution is 7.99. The first-order chi connectivity index (χ1) is 7.90. The summed E-state index contributed by atoms with van der Waals surface area (Å²) < 4.78 is 0. The Kier molecular flexibility index (Phi) is 3.91. The molecule has 0 bridgehead atoms. The lowest BCUT2D eigenvalue weighted by Crippen LogP contribution is -2.09. The van der Waals surface area contributed by atoms with Gasteiger partial charge < -0.3 is 5.73 Å². The van der Waals surface area contributed by atoms with E-state index < -0.39 is 0 Å². The zero-order valence-corrected chi connectivity index (χ0v) is 9.60. The minimum atomic E-state index is 0.234. The molecule has 0 spiro atoms. The van der Waals surface area contributed by atoms with E-state index in [0.717, 1.165) is 5.03 Å². The van der Waals surface area contributed by atoms with E-state index in [-0.39, 0.29) is 5.25 Å². The third-order valence-electron chi connectivity index (χ3n) is 2.19. The molecule has 0 amide bonds. The van der Waals surface area contributed by atoms with Crippen molar-refractivity contribution in [2.45, 2.75) is 10.3 Å². The van der Waals surface area contributed by atoms with Crippen molar-refractivity contribution in [1.29, 1.82) is 0 Å². The number of benzene rings is 1. The van der Waals surface area contributed by atoms with Gasteiger partial charge in [-0.05, 0) is 5.56 Å². The molecule has 82 valence electrons. The molecule has 1 aromatic heterocycles. The molecule has 2 rings (SSSR count). The van der Waals surface area contributed by atoms with Crippen molar-refractivity contribution < 1.29 is 0 Å². The highest BCUT2D eigenvalue weighted by atomic mass is 32.2. The number of hydrogen-bond acceptors (Lipinski definition) is 4. The number of nitrogens with two attached hydrogens (primary N) is 1. The van der Waals surface area contributed by atoms with Crippen LogP contribution in [0.3, 0.4) is 0 Å². The number of rotatable bonds is 4. The second-order valence-electron chi connectivity index (χ2n) is 3.30. The molecule has 0 saturated heterocycles. The van der Waals surface area contributed by atoms with Crippen LogP contribution < -0.4 is 5.73 Å². The van der Waals surface area contributed by atoms with Crippen molar-refractivity contribution in [3.05, 3.63) is 54.5 Å². The zero-order chi connectivity index (χ0) is 11.2. The van der Waals surface area contributed by atoms with Gasteiger partial charge in [0.15, 0.2) is 0 Å². The molecule has 0 aliphatic rings. The van der Waals surface area contributed by atoms with Gasteiger partial charge in [-0.3, -0.25) is 4.98 Å². The third kappa shape index (κ3) is 2.81. The lowest BCUT2D eigenvalue weighted by atomic mass is 10.1. The van der Waals surface area contributed by atoms with Gasteiger partial charge >= 0.3 is 0 Å². The number of thioether (sulfide) groups is 1. The first-order valence-corrected chi connectivity index (χ1v) is 5.96. The van der Waals surface area contributed by atoms with Gasteiger partial charge in [-0.15, -0.1) is 0 Å². The molecule has 1 unspecified atom stereocenters. The Balaban J connectivity index is 2.13. The average Bonchev–Trinajstić information content (AvgIpc) is 2.38. The Labute approximate surface area is 99.1 Å². The van der Waals surface area contributed by atoms with Crippen LogP contribution in [0.4, 0.5) is 0 Å². The largest absolute Gasteiger partial charge is 0.329 e. The topological polar surface area (TPSA) is 51.8 Å². The van der Waals surface area contributed by atoms with Crippen LogP contribution in [0.1, 0.15) is 10.8 Å². The molecular weight excluding hydrogens is 218 g/mol. The normalized spacial score (nSPS) is 12.3. The van der Waals surface area contributed by atoms with Gasteiger partial charge in [-0.1, -0.05) is 42.1 Å². The summed E-state index contributed by atoms with van der Waals surface area (Å²) in [4.78, 5) is 8.28. The minimum absolute atomic E-state index is 0.234. The molecule has 0 radical (unpaired) electrons. The standard InChI is InChI=1S/C12H13N3S/c13-8-11(10-4-2-1-3-5-10)16-12-9-14-6-7-15-12/h1-7,9,11H,8,13H2. The monoisotopic (exact) mass is 231 g/mol. The fourth-order valence-corrected chi connectivity index (χ4v) is 2.34. The summed E-state index contributed by atoms with van der Waals surface area (Å²) in [5.41, 5.74) is 7.01. The van der Waals surface area contributed by atoms with E-state index >= 15 is 0 Å². The zero-order valence-electron chi connectivity index (χ0n) is 8.78. The number of nitrogens with zero attached hydrogens (tertiary/aromatic N) is 2. The van der Waals surface area contributed by atoms with Crippen molar-refractivity contribution in [3.8, 4) is 0 Å². The first kappa shape index (κ1) is 11.1. The smallest absolute Gasteiger partial charge is 0.115 e. The summed E-state index contributed by atoms with van der Waals surface area (Å²) in [6.07, 6.45) is 5.13. The van der Waals surface area contributed by atoms with Crippen LogP contribution in [0.15, 0.2) is 53.9 Å². The molecule has 2 aromatic rings. The molecule has 1 aromatic carbocycles. The number of hydrogen-bond donors (Lipinski definition) is 1. The van der Waals surface area contributed by atoms with Crippen LogP contribution >= 0.6 is 11.8 Å². The van der Waals surface area contributed by atoms with Crippen LogP contribution in [-0.2, 0) is 0 Å². The Morgan fingerprint density at radius 3 is 2.62 bits per heavy atom. The molecule has 1 atom stereocenters. The van der Waals surface area contributed by atoms with E-state index in [9.17, 15) is 0 Å². The van der Waals surface area contributed by atoms with E-state index in [1.165, 1.54) is 5.56 Å². The summed E-state index contributed by atoms with van der Waals surface area (Å²) >= 11 is 1.64. The van der Waals surface area contributed by atoms with Crippen LogP contribution in [0, 0.1) is 0 Å². The summed E-state index contributed by atoms with van der Waals surface area (Å²) in [5, 5.41) is 1.14. The van der Waals surface area contributed by atoms with Gasteiger partial charge in [0.2, 0.25) is 0 Å².